The van der Waals surface area contributed by atoms with Crippen LogP contribution in [0.25, 0.3) is 11.0 Å². The largest absolute Gasteiger partial charge is 0.483 e. The van der Waals surface area contributed by atoms with E-state index in [2.05, 4.69) is 11.8 Å². The number of hydrogen-bond acceptors (Lipinski definition) is 7. The zero-order valence-corrected chi connectivity index (χ0v) is 15.3. The Labute approximate surface area is 155 Å². The van der Waals surface area contributed by atoms with E-state index in [1.54, 1.807) is 32.0 Å². The third-order valence-corrected chi connectivity index (χ3v) is 4.16. The molecule has 7 heteroatoms. The topological polar surface area (TPSA) is 92.0 Å². The molecular formula is C20H18O7. The van der Waals surface area contributed by atoms with E-state index in [0.717, 1.165) is 0 Å². The number of esters is 2. The highest BCUT2D eigenvalue weighted by Gasteiger charge is 2.49. The second kappa shape index (κ2) is 6.80. The summed E-state index contributed by atoms with van der Waals surface area (Å²) >= 11 is 0. The first-order chi connectivity index (χ1) is 12.7. The van der Waals surface area contributed by atoms with E-state index in [-0.39, 0.29) is 5.58 Å². The quantitative estimate of drug-likeness (QED) is 0.347. The summed E-state index contributed by atoms with van der Waals surface area (Å²) in [5.41, 5.74) is -1.04. The van der Waals surface area contributed by atoms with Crippen LogP contribution in [-0.4, -0.2) is 23.6 Å². The Bertz CT molecular complexity index is 1040. The van der Waals surface area contributed by atoms with Crippen LogP contribution in [0.3, 0.4) is 0 Å². The monoisotopic (exact) mass is 370 g/mol. The standard InChI is InChI=1S/C20H18O7/c1-5-6-14(22)26-19-18(24-11(2)21)16-13(27-20(19,3)4)9-7-12-8-10-15(23)25-17(12)16/h7-10,18-19H,1-4H3/t18-,19-/m1/s1. The summed E-state index contributed by atoms with van der Waals surface area (Å²) in [6, 6.07) is 6.31. The number of fused-ring (bicyclic) bond motifs is 3. The maximum Gasteiger partial charge on any atom is 0.384 e. The van der Waals surface area contributed by atoms with Crippen LogP contribution < -0.4 is 10.4 Å². The smallest absolute Gasteiger partial charge is 0.384 e. The lowest BCUT2D eigenvalue weighted by Crippen LogP contribution is -2.52. The second-order valence-corrected chi connectivity index (χ2v) is 6.59. The van der Waals surface area contributed by atoms with Gasteiger partial charge in [-0.1, -0.05) is 5.92 Å². The maximum atomic E-state index is 12.0. The van der Waals surface area contributed by atoms with E-state index >= 15 is 0 Å². The number of carbonyl (C=O) groups excluding carboxylic acids is 2. The average molecular weight is 370 g/mol. The summed E-state index contributed by atoms with van der Waals surface area (Å²) in [6.45, 7) is 6.16. The normalized spacial score (nSPS) is 19.9. The molecule has 2 heterocycles. The van der Waals surface area contributed by atoms with Gasteiger partial charge >= 0.3 is 17.6 Å². The minimum atomic E-state index is -1.03. The molecule has 0 saturated carbocycles. The van der Waals surface area contributed by atoms with Gasteiger partial charge in [-0.25, -0.2) is 9.59 Å². The fourth-order valence-electron chi connectivity index (χ4n) is 3.10. The first kappa shape index (κ1) is 18.5. The molecular weight excluding hydrogens is 352 g/mol. The molecule has 2 aromatic rings. The summed E-state index contributed by atoms with van der Waals surface area (Å²) in [5, 5.41) is 0.618. The zero-order chi connectivity index (χ0) is 19.8. The molecule has 3 rings (SSSR count). The van der Waals surface area contributed by atoms with Crippen molar-refractivity contribution in [1.29, 1.82) is 0 Å². The van der Waals surface area contributed by atoms with Gasteiger partial charge < -0.3 is 18.6 Å². The molecule has 1 aromatic heterocycles. The van der Waals surface area contributed by atoms with Crippen molar-refractivity contribution >= 4 is 22.9 Å². The van der Waals surface area contributed by atoms with Crippen molar-refractivity contribution in [3.05, 3.63) is 40.2 Å². The maximum absolute atomic E-state index is 12.0. The van der Waals surface area contributed by atoms with E-state index in [9.17, 15) is 14.4 Å². The molecule has 0 unspecified atom stereocenters. The van der Waals surface area contributed by atoms with Gasteiger partial charge in [0.05, 0.1) is 5.56 Å². The van der Waals surface area contributed by atoms with Crippen molar-refractivity contribution in [2.75, 3.05) is 0 Å². The van der Waals surface area contributed by atoms with Crippen molar-refractivity contribution in [2.24, 2.45) is 0 Å². The van der Waals surface area contributed by atoms with Crippen LogP contribution in [-0.2, 0) is 19.1 Å². The Morgan fingerprint density at radius 2 is 1.85 bits per heavy atom. The molecule has 0 aliphatic carbocycles. The van der Waals surface area contributed by atoms with Crippen molar-refractivity contribution in [1.82, 2.24) is 0 Å². The number of rotatable bonds is 2. The predicted octanol–water partition coefficient (Wildman–Crippen LogP) is 2.50. The van der Waals surface area contributed by atoms with E-state index < -0.39 is 35.4 Å². The third-order valence-electron chi connectivity index (χ3n) is 4.16. The van der Waals surface area contributed by atoms with Gasteiger partial charge in [0.15, 0.2) is 12.2 Å². The summed E-state index contributed by atoms with van der Waals surface area (Å²) < 4.78 is 22.3. The highest BCUT2D eigenvalue weighted by atomic mass is 16.6. The molecule has 0 amide bonds. The molecule has 0 spiro atoms. The van der Waals surface area contributed by atoms with Crippen molar-refractivity contribution in [3.8, 4) is 17.6 Å². The van der Waals surface area contributed by atoms with Crippen LogP contribution in [0.4, 0.5) is 0 Å². The lowest BCUT2D eigenvalue weighted by Gasteiger charge is -2.42. The molecule has 2 atom stereocenters. The zero-order valence-electron chi connectivity index (χ0n) is 15.3. The van der Waals surface area contributed by atoms with Gasteiger partial charge in [0.25, 0.3) is 0 Å². The molecule has 0 fully saturated rings. The molecule has 0 N–H and O–H groups in total. The van der Waals surface area contributed by atoms with Crippen molar-refractivity contribution in [3.63, 3.8) is 0 Å². The molecule has 1 aliphatic rings. The third kappa shape index (κ3) is 3.51. The van der Waals surface area contributed by atoms with Crippen LogP contribution in [0.2, 0.25) is 0 Å². The molecule has 7 nitrogen and oxygen atoms in total. The first-order valence-corrected chi connectivity index (χ1v) is 8.29. The highest BCUT2D eigenvalue weighted by molar-refractivity contribution is 5.89. The molecule has 0 saturated heterocycles. The van der Waals surface area contributed by atoms with Gasteiger partial charge in [-0.15, -0.1) is 0 Å². The van der Waals surface area contributed by atoms with Crippen molar-refractivity contribution < 1.29 is 28.2 Å². The summed E-state index contributed by atoms with van der Waals surface area (Å²) in [6.07, 6.45) is -2.03. The van der Waals surface area contributed by atoms with Gasteiger partial charge in [-0.2, -0.15) is 0 Å². The van der Waals surface area contributed by atoms with Crippen molar-refractivity contribution in [2.45, 2.75) is 45.5 Å². The van der Waals surface area contributed by atoms with Gasteiger partial charge in [-0.3, -0.25) is 4.79 Å². The Balaban J connectivity index is 2.23. The average Bonchev–Trinajstić information content (AvgIpc) is 2.56. The summed E-state index contributed by atoms with van der Waals surface area (Å²) in [4.78, 5) is 35.5. The Hall–Kier alpha value is -3.27. The predicted molar refractivity (Wildman–Crippen MR) is 95.0 cm³/mol. The lowest BCUT2D eigenvalue weighted by molar-refractivity contribution is -0.185. The first-order valence-electron chi connectivity index (χ1n) is 8.29. The fraction of sp³-hybridized carbons (Fsp3) is 0.350. The molecule has 0 bridgehead atoms. The minimum Gasteiger partial charge on any atom is -0.483 e. The lowest BCUT2D eigenvalue weighted by atomic mass is 9.87. The Morgan fingerprint density at radius 3 is 2.52 bits per heavy atom. The molecule has 27 heavy (non-hydrogen) atoms. The second-order valence-electron chi connectivity index (χ2n) is 6.59. The van der Waals surface area contributed by atoms with Crippen LogP contribution in [0.15, 0.2) is 33.5 Å². The van der Waals surface area contributed by atoms with Gasteiger partial charge in [0, 0.05) is 24.3 Å². The molecule has 0 radical (unpaired) electrons. The SMILES string of the molecule is CC#CC(=O)O[C@@H]1[C@H](OC(C)=O)c2c(ccc3ccc(=O)oc23)OC1(C)C. The number of benzene rings is 1. The number of ether oxygens (including phenoxy) is 3. The van der Waals surface area contributed by atoms with Crippen LogP contribution >= 0.6 is 0 Å². The van der Waals surface area contributed by atoms with E-state index in [0.29, 0.717) is 16.7 Å². The summed E-state index contributed by atoms with van der Waals surface area (Å²) in [7, 11) is 0. The van der Waals surface area contributed by atoms with Crippen LogP contribution in [0, 0.1) is 11.8 Å². The highest BCUT2D eigenvalue weighted by Crippen LogP contribution is 2.46. The Kier molecular flexibility index (Phi) is 4.66. The fourth-order valence-corrected chi connectivity index (χ4v) is 3.10. The van der Waals surface area contributed by atoms with E-state index in [4.69, 9.17) is 18.6 Å². The molecule has 140 valence electrons. The van der Waals surface area contributed by atoms with Gasteiger partial charge in [0.1, 0.15) is 16.9 Å². The minimum absolute atomic E-state index is 0.212. The number of hydrogen-bond donors (Lipinski definition) is 0. The molecule has 1 aromatic carbocycles. The Morgan fingerprint density at radius 1 is 1.15 bits per heavy atom. The molecule has 1 aliphatic heterocycles. The van der Waals surface area contributed by atoms with Crippen LogP contribution in [0.5, 0.6) is 5.75 Å². The van der Waals surface area contributed by atoms with E-state index in [1.807, 2.05) is 0 Å². The van der Waals surface area contributed by atoms with E-state index in [1.165, 1.54) is 19.9 Å². The van der Waals surface area contributed by atoms with Gasteiger partial charge in [0.2, 0.25) is 0 Å². The number of carbonyl (C=O) groups is 2. The summed E-state index contributed by atoms with van der Waals surface area (Å²) in [5.74, 6) is 3.78. The van der Waals surface area contributed by atoms with Crippen LogP contribution in [0.1, 0.15) is 39.4 Å². The van der Waals surface area contributed by atoms with Gasteiger partial charge in [-0.05, 0) is 39.0 Å².